The van der Waals surface area contributed by atoms with E-state index in [9.17, 15) is 0 Å². The normalized spacial score (nSPS) is 13.8. The van der Waals surface area contributed by atoms with Gasteiger partial charge in [-0.15, -0.1) is 0 Å². The zero-order valence-electron chi connectivity index (χ0n) is 12.8. The van der Waals surface area contributed by atoms with Crippen molar-refractivity contribution in [3.63, 3.8) is 0 Å². The van der Waals surface area contributed by atoms with E-state index in [-0.39, 0.29) is 5.41 Å². The van der Waals surface area contributed by atoms with Crippen molar-refractivity contribution in [2.75, 3.05) is 46.7 Å². The lowest BCUT2D eigenvalue weighted by atomic mass is 9.87. The molecule has 4 heteroatoms. The first-order chi connectivity index (χ1) is 8.52. The van der Waals surface area contributed by atoms with Gasteiger partial charge in [-0.25, -0.2) is 0 Å². The summed E-state index contributed by atoms with van der Waals surface area (Å²) in [4.78, 5) is 0. The summed E-state index contributed by atoms with van der Waals surface area (Å²) in [5, 5.41) is 3.46. The van der Waals surface area contributed by atoms with Gasteiger partial charge in [-0.05, 0) is 18.4 Å². The molecule has 0 aromatic carbocycles. The molecule has 0 aliphatic rings. The van der Waals surface area contributed by atoms with Gasteiger partial charge in [-0.2, -0.15) is 0 Å². The summed E-state index contributed by atoms with van der Waals surface area (Å²) in [7, 11) is 1.70. The van der Waals surface area contributed by atoms with Crippen LogP contribution in [-0.4, -0.2) is 52.7 Å². The van der Waals surface area contributed by atoms with Crippen LogP contribution in [0.5, 0.6) is 0 Å². The Labute approximate surface area is 112 Å². The van der Waals surface area contributed by atoms with Crippen LogP contribution in [0.3, 0.4) is 0 Å². The van der Waals surface area contributed by atoms with Crippen molar-refractivity contribution in [3.05, 3.63) is 0 Å². The van der Waals surface area contributed by atoms with E-state index in [4.69, 9.17) is 14.2 Å². The molecule has 0 heterocycles. The van der Waals surface area contributed by atoms with Crippen LogP contribution in [0.1, 0.15) is 34.1 Å². The third-order valence-electron chi connectivity index (χ3n) is 2.79. The molecule has 0 rings (SSSR count). The largest absolute Gasteiger partial charge is 0.385 e. The maximum absolute atomic E-state index is 5.66. The van der Waals surface area contributed by atoms with Crippen molar-refractivity contribution in [2.45, 2.75) is 40.2 Å². The van der Waals surface area contributed by atoms with Gasteiger partial charge in [0.1, 0.15) is 0 Å². The molecule has 0 aromatic rings. The second kappa shape index (κ2) is 10.7. The minimum Gasteiger partial charge on any atom is -0.385 e. The molecule has 0 bridgehead atoms. The van der Waals surface area contributed by atoms with Crippen LogP contribution >= 0.6 is 0 Å². The average Bonchev–Trinajstić information content (AvgIpc) is 2.30. The Kier molecular flexibility index (Phi) is 10.6. The first kappa shape index (κ1) is 17.8. The number of likely N-dealkylation sites (N-methyl/N-ethyl adjacent to an activating group) is 1. The Morgan fingerprint density at radius 2 is 1.67 bits per heavy atom. The molecule has 0 aliphatic carbocycles. The number of hydrogen-bond donors (Lipinski definition) is 1. The van der Waals surface area contributed by atoms with Gasteiger partial charge in [-0.3, -0.25) is 0 Å². The zero-order chi connectivity index (χ0) is 13.9. The highest BCUT2D eigenvalue weighted by Gasteiger charge is 2.23. The molecule has 1 unspecified atom stereocenters. The summed E-state index contributed by atoms with van der Waals surface area (Å²) in [6.45, 7) is 13.3. The molecular formula is C14H31NO3. The molecule has 1 atom stereocenters. The number of hydrogen-bond acceptors (Lipinski definition) is 4. The molecule has 4 nitrogen and oxygen atoms in total. The highest BCUT2D eigenvalue weighted by Crippen LogP contribution is 2.19. The summed E-state index contributed by atoms with van der Waals surface area (Å²) in [6, 6.07) is 0.385. The van der Waals surface area contributed by atoms with E-state index >= 15 is 0 Å². The molecule has 0 aliphatic heterocycles. The second-order valence-electron chi connectivity index (χ2n) is 5.51. The van der Waals surface area contributed by atoms with Gasteiger partial charge in [0.05, 0.1) is 19.8 Å². The van der Waals surface area contributed by atoms with Crippen LogP contribution in [0, 0.1) is 5.41 Å². The standard InChI is InChI=1S/C14H31NO3/c1-6-15-13(14(2,3)4)12-18-11-10-17-9-7-8-16-5/h13,15H,6-12H2,1-5H3. The van der Waals surface area contributed by atoms with Crippen molar-refractivity contribution in [1.29, 1.82) is 0 Å². The van der Waals surface area contributed by atoms with Gasteiger partial charge in [0.25, 0.3) is 0 Å². The van der Waals surface area contributed by atoms with Crippen LogP contribution < -0.4 is 5.32 Å². The van der Waals surface area contributed by atoms with Crippen molar-refractivity contribution >= 4 is 0 Å². The first-order valence-electron chi connectivity index (χ1n) is 6.90. The molecule has 18 heavy (non-hydrogen) atoms. The first-order valence-corrected chi connectivity index (χ1v) is 6.90. The van der Waals surface area contributed by atoms with Gasteiger partial charge in [-0.1, -0.05) is 27.7 Å². The lowest BCUT2D eigenvalue weighted by molar-refractivity contribution is 0.0204. The van der Waals surface area contributed by atoms with E-state index in [0.717, 1.165) is 32.8 Å². The molecule has 0 aromatic heterocycles. The second-order valence-corrected chi connectivity index (χ2v) is 5.51. The van der Waals surface area contributed by atoms with Crippen molar-refractivity contribution in [1.82, 2.24) is 5.32 Å². The molecular weight excluding hydrogens is 230 g/mol. The molecule has 0 fully saturated rings. The lowest BCUT2D eigenvalue weighted by Gasteiger charge is -2.31. The van der Waals surface area contributed by atoms with E-state index < -0.39 is 0 Å². The molecule has 110 valence electrons. The smallest absolute Gasteiger partial charge is 0.0701 e. The van der Waals surface area contributed by atoms with E-state index in [0.29, 0.717) is 19.3 Å². The third kappa shape index (κ3) is 9.83. The number of rotatable bonds is 11. The predicted molar refractivity (Wildman–Crippen MR) is 75.1 cm³/mol. The number of ether oxygens (including phenoxy) is 3. The Hall–Kier alpha value is -0.160. The van der Waals surface area contributed by atoms with E-state index in [1.807, 2.05) is 0 Å². The summed E-state index contributed by atoms with van der Waals surface area (Å²) in [6.07, 6.45) is 0.943. The van der Waals surface area contributed by atoms with Crippen LogP contribution in [0.15, 0.2) is 0 Å². The fourth-order valence-corrected chi connectivity index (χ4v) is 1.59. The van der Waals surface area contributed by atoms with E-state index in [1.54, 1.807) is 7.11 Å². The summed E-state index contributed by atoms with van der Waals surface area (Å²) in [5.41, 5.74) is 0.218. The monoisotopic (exact) mass is 261 g/mol. The number of nitrogens with one attached hydrogen (secondary N) is 1. The Morgan fingerprint density at radius 1 is 1.00 bits per heavy atom. The number of methoxy groups -OCH3 is 1. The van der Waals surface area contributed by atoms with Crippen LogP contribution in [-0.2, 0) is 14.2 Å². The minimum atomic E-state index is 0.218. The van der Waals surface area contributed by atoms with Crippen molar-refractivity contribution in [3.8, 4) is 0 Å². The summed E-state index contributed by atoms with van der Waals surface area (Å²) in [5.74, 6) is 0. The van der Waals surface area contributed by atoms with Gasteiger partial charge in [0.2, 0.25) is 0 Å². The van der Waals surface area contributed by atoms with Gasteiger partial charge < -0.3 is 19.5 Å². The maximum atomic E-state index is 5.66. The van der Waals surface area contributed by atoms with Gasteiger partial charge in [0, 0.05) is 26.4 Å². The fourth-order valence-electron chi connectivity index (χ4n) is 1.59. The van der Waals surface area contributed by atoms with E-state index in [2.05, 4.69) is 33.0 Å². The summed E-state index contributed by atoms with van der Waals surface area (Å²) >= 11 is 0. The molecule has 0 amide bonds. The summed E-state index contributed by atoms with van der Waals surface area (Å²) < 4.78 is 16.0. The molecule has 0 saturated carbocycles. The van der Waals surface area contributed by atoms with Crippen LogP contribution in [0.2, 0.25) is 0 Å². The minimum absolute atomic E-state index is 0.218. The SMILES string of the molecule is CCNC(COCCOCCCOC)C(C)(C)C. The Bertz CT molecular complexity index is 180. The Balaban J connectivity index is 3.50. The van der Waals surface area contributed by atoms with Crippen LogP contribution in [0.4, 0.5) is 0 Å². The molecule has 0 radical (unpaired) electrons. The van der Waals surface area contributed by atoms with Gasteiger partial charge in [0.15, 0.2) is 0 Å². The highest BCUT2D eigenvalue weighted by molar-refractivity contribution is 4.79. The maximum Gasteiger partial charge on any atom is 0.0701 e. The predicted octanol–water partition coefficient (Wildman–Crippen LogP) is 2.08. The topological polar surface area (TPSA) is 39.7 Å². The van der Waals surface area contributed by atoms with Crippen LogP contribution in [0.25, 0.3) is 0 Å². The fraction of sp³-hybridized carbons (Fsp3) is 1.00. The lowest BCUT2D eigenvalue weighted by Crippen LogP contribution is -2.43. The molecule has 1 N–H and O–H groups in total. The molecule has 0 spiro atoms. The zero-order valence-corrected chi connectivity index (χ0v) is 12.8. The average molecular weight is 261 g/mol. The van der Waals surface area contributed by atoms with Crippen molar-refractivity contribution in [2.24, 2.45) is 5.41 Å². The Morgan fingerprint density at radius 3 is 2.22 bits per heavy atom. The highest BCUT2D eigenvalue weighted by atomic mass is 16.5. The van der Waals surface area contributed by atoms with Crippen molar-refractivity contribution < 1.29 is 14.2 Å². The molecule has 0 saturated heterocycles. The third-order valence-corrected chi connectivity index (χ3v) is 2.79. The van der Waals surface area contributed by atoms with Gasteiger partial charge >= 0.3 is 0 Å². The van der Waals surface area contributed by atoms with E-state index in [1.165, 1.54) is 0 Å². The quantitative estimate of drug-likeness (QED) is 0.578.